The zero-order chi connectivity index (χ0) is 68.7. The first-order valence-electron chi connectivity index (χ1n) is 33.6. The van der Waals surface area contributed by atoms with Crippen LogP contribution in [-0.4, -0.2) is 180 Å². The maximum absolute atomic E-state index is 13.2. The SMILES string of the molecule is CCCC(CCC)C(=O)O[C@H]1O[C@H](CC)[C@@H](C)[C@H](OCc2ccccc2)[C@H]1OCc1ccccc1.CCCC(CCC)C(=O)O[C@H]1O[C@H](CO)[C@@H](O)[C@H](O)[C@H]1O.CC[C@H]1O[C@H](Br)[C@H](OCc2ccccc2)[C@@H](OCc2ccccc2)[C@@H]1C.OC[C@H]1O[C@H](O)[C@H](O)[C@@H](O)[C@@H]1O. The predicted octanol–water partition coefficient (Wildman–Crippen LogP) is 8.34. The highest BCUT2D eigenvalue weighted by molar-refractivity contribution is 9.09. The molecule has 0 amide bonds. The number of halogens is 1. The van der Waals surface area contributed by atoms with E-state index in [0.29, 0.717) is 39.3 Å². The van der Waals surface area contributed by atoms with E-state index in [0.717, 1.165) is 68.1 Å². The zero-order valence-corrected chi connectivity index (χ0v) is 57.5. The first-order chi connectivity index (χ1) is 45.3. The molecule has 4 aliphatic rings. The van der Waals surface area contributed by atoms with Gasteiger partial charge in [0.1, 0.15) is 66.1 Å². The minimum absolute atomic E-state index is 0.0259. The molecule has 21 nitrogen and oxygen atoms in total. The average Bonchev–Trinajstić information content (AvgIpc) is 0.843. The lowest BCUT2D eigenvalue weighted by Gasteiger charge is -2.45. The first kappa shape index (κ1) is 80.3. The Morgan fingerprint density at radius 3 is 1.10 bits per heavy atom. The van der Waals surface area contributed by atoms with E-state index in [1.165, 1.54) is 5.56 Å². The second-order valence-electron chi connectivity index (χ2n) is 24.5. The van der Waals surface area contributed by atoms with Gasteiger partial charge in [0.25, 0.3) is 0 Å². The van der Waals surface area contributed by atoms with Gasteiger partial charge in [-0.05, 0) is 60.8 Å². The molecule has 0 aromatic heterocycles. The van der Waals surface area contributed by atoms with Crippen molar-refractivity contribution < 1.29 is 103 Å². The van der Waals surface area contributed by atoms with Crippen LogP contribution in [0.2, 0.25) is 0 Å². The summed E-state index contributed by atoms with van der Waals surface area (Å²) in [4.78, 5) is 25.3. The molecule has 0 bridgehead atoms. The summed E-state index contributed by atoms with van der Waals surface area (Å²) in [7, 11) is 0. The van der Waals surface area contributed by atoms with Gasteiger partial charge < -0.3 is 93.3 Å². The summed E-state index contributed by atoms with van der Waals surface area (Å²) >= 11 is 3.68. The van der Waals surface area contributed by atoms with Crippen molar-refractivity contribution in [2.24, 2.45) is 23.7 Å². The molecule has 4 saturated heterocycles. The number of benzene rings is 4. The van der Waals surface area contributed by atoms with Crippen molar-refractivity contribution >= 4 is 27.9 Å². The molecule has 4 aliphatic heterocycles. The maximum atomic E-state index is 13.2. The van der Waals surface area contributed by atoms with Crippen LogP contribution >= 0.6 is 15.9 Å². The van der Waals surface area contributed by atoms with Gasteiger partial charge in [-0.2, -0.15) is 0 Å². The van der Waals surface area contributed by atoms with Crippen molar-refractivity contribution in [2.75, 3.05) is 13.2 Å². The van der Waals surface area contributed by atoms with Crippen LogP contribution in [0.5, 0.6) is 0 Å². The fourth-order valence-corrected chi connectivity index (χ4v) is 12.6. The second-order valence-corrected chi connectivity index (χ2v) is 25.4. The molecular weight excluding hydrogens is 1280 g/mol. The molecule has 0 unspecified atom stereocenters. The van der Waals surface area contributed by atoms with E-state index in [4.69, 9.17) is 73.3 Å². The molecule has 0 aliphatic carbocycles. The Kier molecular flexibility index (Phi) is 36.8. The van der Waals surface area contributed by atoms with Crippen molar-refractivity contribution in [1.82, 2.24) is 0 Å². The van der Waals surface area contributed by atoms with Crippen LogP contribution in [0.15, 0.2) is 121 Å². The molecule has 4 aromatic carbocycles. The van der Waals surface area contributed by atoms with E-state index in [1.54, 1.807) is 0 Å². The lowest BCUT2D eigenvalue weighted by atomic mass is 9.88. The lowest BCUT2D eigenvalue weighted by molar-refractivity contribution is -0.296. The zero-order valence-electron chi connectivity index (χ0n) is 55.9. The third-order valence-corrected chi connectivity index (χ3v) is 18.1. The predicted molar refractivity (Wildman–Crippen MR) is 354 cm³/mol. The largest absolute Gasteiger partial charge is 0.433 e. The van der Waals surface area contributed by atoms with E-state index in [1.807, 2.05) is 98.8 Å². The molecule has 0 saturated carbocycles. The summed E-state index contributed by atoms with van der Waals surface area (Å²) in [5.41, 5.74) is 4.48. The van der Waals surface area contributed by atoms with Crippen molar-refractivity contribution in [1.29, 1.82) is 0 Å². The summed E-state index contributed by atoms with van der Waals surface area (Å²) in [6.07, 6.45) is -7.46. The van der Waals surface area contributed by atoms with E-state index in [9.17, 15) is 24.9 Å². The Hall–Kier alpha value is -4.38. The fraction of sp³-hybridized carbons (Fsp3) is 0.639. The normalized spacial score (nSPS) is 30.8. The van der Waals surface area contributed by atoms with Gasteiger partial charge in [-0.3, -0.25) is 9.59 Å². The number of rotatable bonds is 28. The number of ether oxygens (including phenoxy) is 10. The van der Waals surface area contributed by atoms with Crippen LogP contribution in [0.25, 0.3) is 0 Å². The van der Waals surface area contributed by atoms with Crippen LogP contribution < -0.4 is 0 Å². The smallest absolute Gasteiger partial charge is 0.311 e. The highest BCUT2D eigenvalue weighted by atomic mass is 79.9. The van der Waals surface area contributed by atoms with Gasteiger partial charge >= 0.3 is 11.9 Å². The first-order valence-corrected chi connectivity index (χ1v) is 34.5. The third-order valence-electron chi connectivity index (χ3n) is 17.3. The van der Waals surface area contributed by atoms with E-state index >= 15 is 0 Å². The van der Waals surface area contributed by atoms with Crippen LogP contribution in [0.3, 0.4) is 0 Å². The van der Waals surface area contributed by atoms with Crippen molar-refractivity contribution in [3.05, 3.63) is 144 Å². The van der Waals surface area contributed by atoms with E-state index < -0.39 is 93.0 Å². The molecule has 4 heterocycles. The number of aliphatic hydroxyl groups is 9. The van der Waals surface area contributed by atoms with Crippen molar-refractivity contribution in [2.45, 2.75) is 255 Å². The van der Waals surface area contributed by atoms with Crippen LogP contribution in [0.1, 0.15) is 142 Å². The number of carbonyl (C=O) groups is 2. The summed E-state index contributed by atoms with van der Waals surface area (Å²) in [6.45, 7) is 17.6. The Morgan fingerprint density at radius 2 is 0.723 bits per heavy atom. The summed E-state index contributed by atoms with van der Waals surface area (Å²) in [5.74, 6) is -0.750. The van der Waals surface area contributed by atoms with Gasteiger partial charge in [0.15, 0.2) is 6.29 Å². The molecule has 0 radical (unpaired) electrons. The summed E-state index contributed by atoms with van der Waals surface area (Å²) in [6, 6.07) is 40.7. The molecule has 94 heavy (non-hydrogen) atoms. The van der Waals surface area contributed by atoms with Crippen LogP contribution in [0.4, 0.5) is 0 Å². The molecule has 20 atom stereocenters. The lowest BCUT2D eigenvalue weighted by Crippen LogP contribution is -2.59. The number of aliphatic hydroxyl groups excluding tert-OH is 9. The molecular formula is C72H107BrO21. The summed E-state index contributed by atoms with van der Waals surface area (Å²) in [5, 5.41) is 82.7. The highest BCUT2D eigenvalue weighted by Crippen LogP contribution is 2.37. The molecule has 4 aromatic rings. The Balaban J connectivity index is 0.000000241. The monoisotopic (exact) mass is 1390 g/mol. The average molecular weight is 1390 g/mol. The van der Waals surface area contributed by atoms with Crippen molar-refractivity contribution in [3.8, 4) is 0 Å². The number of esters is 2. The molecule has 0 spiro atoms. The molecule has 4 fully saturated rings. The third kappa shape index (κ3) is 24.6. The quantitative estimate of drug-likeness (QED) is 0.0191. The fourth-order valence-electron chi connectivity index (χ4n) is 11.8. The number of alkyl halides is 1. The molecule has 9 N–H and O–H groups in total. The Morgan fingerprint density at radius 1 is 0.404 bits per heavy atom. The minimum Gasteiger partial charge on any atom is -0.433 e. The van der Waals surface area contributed by atoms with Gasteiger partial charge in [-0.25, -0.2) is 0 Å². The Bertz CT molecular complexity index is 2620. The summed E-state index contributed by atoms with van der Waals surface area (Å²) < 4.78 is 58.9. The van der Waals surface area contributed by atoms with Gasteiger partial charge in [0.2, 0.25) is 12.6 Å². The van der Waals surface area contributed by atoms with Gasteiger partial charge in [0.05, 0.1) is 75.9 Å². The Labute approximate surface area is 564 Å². The van der Waals surface area contributed by atoms with Gasteiger partial charge in [-0.1, -0.05) is 218 Å². The van der Waals surface area contributed by atoms with E-state index in [-0.39, 0.29) is 65.2 Å². The maximum Gasteiger partial charge on any atom is 0.311 e. The van der Waals surface area contributed by atoms with Crippen molar-refractivity contribution in [3.63, 3.8) is 0 Å². The standard InChI is InChI=1S/C30H42O5.C22H27BrO3.C14H26O7.C6H12O6/c1-5-14-25(15-6-2)29(31)35-30-28(33-21-24-18-12-9-13-19-24)27(22(4)26(7-3)34-30)32-20-23-16-10-8-11-17-23;1-3-19-16(2)20(24-14-17-10-6-4-7-11-17)21(22(23)26-19)25-15-18-12-8-5-9-13-18;1-3-5-8(6-4-2)13(19)21-14-12(18)11(17)10(16)9(7-15)20-14;7-1-2-3(8)4(9)5(10)6(11)12-2/h8-13,16-19,22,25-28,30H,5-7,14-15,20-21H2,1-4H3;4-13,16,19-22H,3,14-15H2,1-2H3;8-12,14-18H,3-7H2,1-2H3;2-11H,1H2/t22-,26-,27+,28-,30-;16-,19-,20+,21-,22+;9-,10-,11+,12-,14-;2-,3-,4+,5-,6+/m1111/s1. The van der Waals surface area contributed by atoms with E-state index in [2.05, 4.69) is 98.6 Å². The molecule has 528 valence electrons. The van der Waals surface area contributed by atoms with Crippen LogP contribution in [0, 0.1) is 23.7 Å². The molecule has 8 rings (SSSR count). The molecule has 22 heteroatoms. The second kappa shape index (κ2) is 43.1. The van der Waals surface area contributed by atoms with Crippen LogP contribution in [-0.2, 0) is 83.4 Å². The van der Waals surface area contributed by atoms with Gasteiger partial charge in [-0.15, -0.1) is 0 Å². The number of carbonyl (C=O) groups excluding carboxylic acids is 2. The highest BCUT2D eigenvalue weighted by Gasteiger charge is 2.49. The van der Waals surface area contributed by atoms with Gasteiger partial charge in [0, 0.05) is 11.8 Å². The topological polar surface area (TPSA) is 309 Å². The number of hydrogen-bond acceptors (Lipinski definition) is 21. The number of hydrogen-bond donors (Lipinski definition) is 9. The minimum atomic E-state index is -1.57.